The Kier molecular flexibility index (Phi) is 5.87. The zero-order valence-corrected chi connectivity index (χ0v) is 13.1. The van der Waals surface area contributed by atoms with E-state index < -0.39 is 11.9 Å². The molecular weight excluding hydrogens is 298 g/mol. The molecule has 0 bridgehead atoms. The molecule has 6 nitrogen and oxygen atoms in total. The number of amides is 1. The van der Waals surface area contributed by atoms with E-state index in [1.54, 1.807) is 24.3 Å². The predicted molar refractivity (Wildman–Crippen MR) is 83.4 cm³/mol. The number of carbonyl (C=O) groups excluding carboxylic acids is 2. The van der Waals surface area contributed by atoms with Gasteiger partial charge in [0.1, 0.15) is 0 Å². The Bertz CT molecular complexity index is 575. The summed E-state index contributed by atoms with van der Waals surface area (Å²) in [6, 6.07) is 6.31. The van der Waals surface area contributed by atoms with Crippen LogP contribution in [0.25, 0.3) is 0 Å². The molecule has 0 aliphatic carbocycles. The molecule has 1 heterocycles. The molecule has 0 radical (unpaired) electrons. The molecule has 1 aromatic carbocycles. The monoisotopic (exact) mass is 319 g/mol. The number of aliphatic carboxylic acids is 1. The van der Waals surface area contributed by atoms with Crippen LogP contribution in [0.3, 0.4) is 0 Å². The molecule has 6 heteroatoms. The van der Waals surface area contributed by atoms with Gasteiger partial charge in [-0.1, -0.05) is 12.1 Å². The van der Waals surface area contributed by atoms with Crippen molar-refractivity contribution in [2.24, 2.45) is 11.8 Å². The molecule has 1 atom stereocenters. The van der Waals surface area contributed by atoms with Crippen LogP contribution in [-0.4, -0.2) is 42.5 Å². The minimum atomic E-state index is -0.899. The maximum atomic E-state index is 12.1. The van der Waals surface area contributed by atoms with Crippen molar-refractivity contribution in [1.29, 1.82) is 0 Å². The van der Waals surface area contributed by atoms with Gasteiger partial charge in [-0.05, 0) is 37.8 Å². The maximum absolute atomic E-state index is 12.1. The van der Waals surface area contributed by atoms with Crippen LogP contribution < -0.4 is 5.32 Å². The van der Waals surface area contributed by atoms with Crippen molar-refractivity contribution in [3.63, 3.8) is 0 Å². The van der Waals surface area contributed by atoms with Crippen LogP contribution in [0.5, 0.6) is 0 Å². The molecule has 1 unspecified atom stereocenters. The molecule has 0 spiro atoms. The highest BCUT2D eigenvalue weighted by atomic mass is 16.5. The summed E-state index contributed by atoms with van der Waals surface area (Å²) >= 11 is 0. The van der Waals surface area contributed by atoms with Crippen LogP contribution in [0, 0.1) is 11.8 Å². The van der Waals surface area contributed by atoms with Gasteiger partial charge in [-0.25, -0.2) is 0 Å². The van der Waals surface area contributed by atoms with E-state index in [4.69, 9.17) is 4.74 Å². The summed E-state index contributed by atoms with van der Waals surface area (Å²) in [5.41, 5.74) is 0.943. The maximum Gasteiger partial charge on any atom is 0.308 e. The number of hydrogen-bond acceptors (Lipinski definition) is 4. The lowest BCUT2D eigenvalue weighted by Gasteiger charge is -2.27. The van der Waals surface area contributed by atoms with Gasteiger partial charge >= 0.3 is 5.97 Å². The van der Waals surface area contributed by atoms with Crippen molar-refractivity contribution >= 4 is 17.7 Å². The fourth-order valence-electron chi connectivity index (χ4n) is 2.73. The van der Waals surface area contributed by atoms with E-state index in [0.29, 0.717) is 37.2 Å². The summed E-state index contributed by atoms with van der Waals surface area (Å²) in [6.45, 7) is 2.68. The van der Waals surface area contributed by atoms with Crippen LogP contribution in [0.4, 0.5) is 0 Å². The molecule has 1 amide bonds. The fourth-order valence-corrected chi connectivity index (χ4v) is 2.73. The normalized spacial score (nSPS) is 16.6. The number of rotatable bonds is 6. The molecule has 0 aromatic heterocycles. The number of ether oxygens (including phenoxy) is 1. The highest BCUT2D eigenvalue weighted by molar-refractivity contribution is 5.97. The van der Waals surface area contributed by atoms with Crippen molar-refractivity contribution in [2.45, 2.75) is 19.8 Å². The lowest BCUT2D eigenvalue weighted by Crippen LogP contribution is -2.39. The topological polar surface area (TPSA) is 92.7 Å². The average molecular weight is 319 g/mol. The number of hydrogen-bond donors (Lipinski definition) is 2. The minimum absolute atomic E-state index is 0.0154. The van der Waals surface area contributed by atoms with Crippen molar-refractivity contribution in [1.82, 2.24) is 5.32 Å². The first-order valence-electron chi connectivity index (χ1n) is 7.69. The summed E-state index contributed by atoms with van der Waals surface area (Å²) in [6.07, 6.45) is 1.39. The van der Waals surface area contributed by atoms with Gasteiger partial charge in [0, 0.05) is 30.9 Å². The smallest absolute Gasteiger partial charge is 0.308 e. The van der Waals surface area contributed by atoms with E-state index in [-0.39, 0.29) is 24.2 Å². The molecule has 1 fully saturated rings. The number of ketones is 1. The van der Waals surface area contributed by atoms with Crippen molar-refractivity contribution in [3.8, 4) is 0 Å². The molecule has 2 N–H and O–H groups in total. The quantitative estimate of drug-likeness (QED) is 0.779. The largest absolute Gasteiger partial charge is 0.481 e. The highest BCUT2D eigenvalue weighted by Gasteiger charge is 2.30. The average Bonchev–Trinajstić information content (AvgIpc) is 2.55. The number of carboxylic acid groups (broad SMARTS) is 1. The van der Waals surface area contributed by atoms with E-state index in [0.717, 1.165) is 0 Å². The first-order valence-corrected chi connectivity index (χ1v) is 7.69. The minimum Gasteiger partial charge on any atom is -0.481 e. The molecular formula is C17H21NO5. The first-order chi connectivity index (χ1) is 11.0. The van der Waals surface area contributed by atoms with Gasteiger partial charge in [-0.15, -0.1) is 0 Å². The molecule has 1 saturated heterocycles. The summed E-state index contributed by atoms with van der Waals surface area (Å²) in [5.74, 6) is -1.90. The zero-order valence-electron chi connectivity index (χ0n) is 13.1. The Hall–Kier alpha value is -2.21. The van der Waals surface area contributed by atoms with Crippen LogP contribution in [-0.2, 0) is 9.53 Å². The van der Waals surface area contributed by atoms with Crippen LogP contribution in [0.2, 0.25) is 0 Å². The molecule has 2 rings (SSSR count). The second kappa shape index (κ2) is 7.87. The van der Waals surface area contributed by atoms with Gasteiger partial charge < -0.3 is 15.2 Å². The van der Waals surface area contributed by atoms with Crippen LogP contribution in [0.15, 0.2) is 24.3 Å². The van der Waals surface area contributed by atoms with Gasteiger partial charge in [-0.2, -0.15) is 0 Å². The Morgan fingerprint density at radius 1 is 1.17 bits per heavy atom. The van der Waals surface area contributed by atoms with Gasteiger partial charge in [0.2, 0.25) is 0 Å². The third-order valence-corrected chi connectivity index (χ3v) is 4.19. The number of benzene rings is 1. The Morgan fingerprint density at radius 3 is 2.26 bits per heavy atom. The summed E-state index contributed by atoms with van der Waals surface area (Å²) in [7, 11) is 0. The van der Waals surface area contributed by atoms with Crippen molar-refractivity contribution < 1.29 is 24.2 Å². The second-order valence-electron chi connectivity index (χ2n) is 5.74. The van der Waals surface area contributed by atoms with Gasteiger partial charge in [-0.3, -0.25) is 14.4 Å². The van der Waals surface area contributed by atoms with Crippen molar-refractivity contribution in [3.05, 3.63) is 35.4 Å². The highest BCUT2D eigenvalue weighted by Crippen LogP contribution is 2.23. The van der Waals surface area contributed by atoms with Crippen molar-refractivity contribution in [2.75, 3.05) is 19.8 Å². The molecule has 23 heavy (non-hydrogen) atoms. The molecule has 124 valence electrons. The van der Waals surface area contributed by atoms with Gasteiger partial charge in [0.15, 0.2) is 5.78 Å². The van der Waals surface area contributed by atoms with E-state index in [1.807, 2.05) is 0 Å². The Balaban J connectivity index is 1.95. The summed E-state index contributed by atoms with van der Waals surface area (Å²) < 4.78 is 5.25. The number of carboxylic acids is 1. The third-order valence-electron chi connectivity index (χ3n) is 4.19. The van der Waals surface area contributed by atoms with E-state index in [1.165, 1.54) is 6.92 Å². The lowest BCUT2D eigenvalue weighted by atomic mass is 9.86. The van der Waals surface area contributed by atoms with E-state index >= 15 is 0 Å². The molecule has 1 aromatic rings. The van der Waals surface area contributed by atoms with Crippen LogP contribution in [0.1, 0.15) is 40.5 Å². The van der Waals surface area contributed by atoms with Gasteiger partial charge in [0.25, 0.3) is 5.91 Å². The van der Waals surface area contributed by atoms with Crippen LogP contribution >= 0.6 is 0 Å². The first kappa shape index (κ1) is 17.1. The number of carbonyl (C=O) groups is 3. The number of Topliss-reactive ketones (excluding diaryl/α,β-unsaturated/α-hetero) is 1. The second-order valence-corrected chi connectivity index (χ2v) is 5.74. The fraction of sp³-hybridized carbons (Fsp3) is 0.471. The molecule has 0 saturated carbocycles. The molecule has 1 aliphatic rings. The van der Waals surface area contributed by atoms with Gasteiger partial charge in [0.05, 0.1) is 5.92 Å². The summed E-state index contributed by atoms with van der Waals surface area (Å²) in [5, 5.41) is 12.1. The SMILES string of the molecule is CC(=O)c1ccc(C(=O)NCC(C(=O)O)C2CCOCC2)cc1. The third kappa shape index (κ3) is 4.63. The van der Waals surface area contributed by atoms with E-state index in [2.05, 4.69) is 5.32 Å². The number of nitrogens with one attached hydrogen (secondary N) is 1. The molecule has 1 aliphatic heterocycles. The summed E-state index contributed by atoms with van der Waals surface area (Å²) in [4.78, 5) is 34.8. The standard InChI is InChI=1S/C17H21NO5/c1-11(19)12-2-4-14(5-3-12)16(20)18-10-15(17(21)22)13-6-8-23-9-7-13/h2-5,13,15H,6-10H2,1H3,(H,18,20)(H,21,22). The van der Waals surface area contributed by atoms with E-state index in [9.17, 15) is 19.5 Å². The Labute approximate surface area is 134 Å². The predicted octanol–water partition coefficient (Wildman–Crippen LogP) is 1.75. The Morgan fingerprint density at radius 2 is 1.74 bits per heavy atom. The lowest BCUT2D eigenvalue weighted by molar-refractivity contribution is -0.144. The zero-order chi connectivity index (χ0) is 16.8.